The largest absolute Gasteiger partial charge is 0.299 e. The van der Waals surface area contributed by atoms with Gasteiger partial charge in [0.2, 0.25) is 0 Å². The second-order valence-corrected chi connectivity index (χ2v) is 5.81. The van der Waals surface area contributed by atoms with E-state index in [-0.39, 0.29) is 11.7 Å². The Morgan fingerprint density at radius 2 is 1.52 bits per heavy atom. The third kappa shape index (κ3) is 6.10. The molecule has 0 fully saturated rings. The predicted molar refractivity (Wildman–Crippen MR) is 96.4 cm³/mol. The van der Waals surface area contributed by atoms with Crippen molar-refractivity contribution in [2.24, 2.45) is 5.92 Å². The predicted octanol–water partition coefficient (Wildman–Crippen LogP) is 5.17. The van der Waals surface area contributed by atoms with E-state index in [9.17, 15) is 4.79 Å². The minimum Gasteiger partial charge on any atom is -0.299 e. The summed E-state index contributed by atoms with van der Waals surface area (Å²) in [5.41, 5.74) is 5.34. The van der Waals surface area contributed by atoms with Crippen LogP contribution < -0.4 is 0 Å². The van der Waals surface area contributed by atoms with Crippen LogP contribution >= 0.6 is 0 Å². The van der Waals surface area contributed by atoms with Crippen molar-refractivity contribution < 1.29 is 4.79 Å². The number of hydrogen-bond acceptors (Lipinski definition) is 1. The lowest BCUT2D eigenvalue weighted by molar-refractivity contribution is -0.121. The highest BCUT2D eigenvalue weighted by atomic mass is 16.1. The number of aryl methyl sites for hydroxylation is 2. The highest BCUT2D eigenvalue weighted by Crippen LogP contribution is 2.16. The van der Waals surface area contributed by atoms with Gasteiger partial charge in [-0.3, -0.25) is 4.79 Å². The molecule has 0 heterocycles. The van der Waals surface area contributed by atoms with Gasteiger partial charge in [0.1, 0.15) is 5.78 Å². The smallest absolute Gasteiger partial charge is 0.140 e. The summed E-state index contributed by atoms with van der Waals surface area (Å²) in [5.74, 6) is 0.234. The van der Waals surface area contributed by atoms with Crippen molar-refractivity contribution in [3.63, 3.8) is 0 Å². The quantitative estimate of drug-likeness (QED) is 0.584. The highest BCUT2D eigenvalue weighted by Gasteiger charge is 2.15. The zero-order chi connectivity index (χ0) is 16.3. The van der Waals surface area contributed by atoms with Gasteiger partial charge >= 0.3 is 0 Å². The lowest BCUT2D eigenvalue weighted by Gasteiger charge is -2.11. The molecule has 0 spiro atoms. The first kappa shape index (κ1) is 17.0. The van der Waals surface area contributed by atoms with Crippen LogP contribution in [-0.4, -0.2) is 5.78 Å². The molecular formula is C22H24O. The van der Waals surface area contributed by atoms with E-state index in [1.807, 2.05) is 30.3 Å². The summed E-state index contributed by atoms with van der Waals surface area (Å²) in [7, 11) is 0. The summed E-state index contributed by atoms with van der Waals surface area (Å²) in [5, 5.41) is 0. The van der Waals surface area contributed by atoms with Crippen LogP contribution in [0.25, 0.3) is 0 Å². The van der Waals surface area contributed by atoms with E-state index < -0.39 is 0 Å². The molecule has 118 valence electrons. The summed E-state index contributed by atoms with van der Waals surface area (Å²) in [6.07, 6.45) is 6.10. The van der Waals surface area contributed by atoms with E-state index >= 15 is 0 Å². The van der Waals surface area contributed by atoms with Gasteiger partial charge in [0, 0.05) is 12.3 Å². The Kier molecular flexibility index (Phi) is 7.10. The Bertz CT molecular complexity index is 636. The van der Waals surface area contributed by atoms with Gasteiger partial charge in [-0.2, -0.15) is 0 Å². The number of carbonyl (C=O) groups is 1. The lowest BCUT2D eigenvalue weighted by atomic mass is 9.92. The van der Waals surface area contributed by atoms with Crippen LogP contribution in [0.15, 0.2) is 79.0 Å². The molecule has 0 aliphatic rings. The molecule has 0 amide bonds. The number of ketones is 1. The molecular weight excluding hydrogens is 280 g/mol. The fourth-order valence-electron chi connectivity index (χ4n) is 2.75. The van der Waals surface area contributed by atoms with Gasteiger partial charge in [-0.1, -0.05) is 67.2 Å². The van der Waals surface area contributed by atoms with Crippen LogP contribution in [-0.2, 0) is 17.6 Å². The number of carbonyl (C=O) groups excluding carboxylic acids is 1. The van der Waals surface area contributed by atoms with Crippen molar-refractivity contribution >= 4 is 5.78 Å². The van der Waals surface area contributed by atoms with E-state index in [0.29, 0.717) is 6.42 Å². The van der Waals surface area contributed by atoms with Crippen LogP contribution in [0.3, 0.4) is 0 Å². The standard InChI is InChI=1S/C22H24O/c1-2-10-21(16-9-15-19-11-5-3-6-12-19)22(23)18-17-20-13-7-4-8-14-20/h3-8,10-14,21H,1,9,15-18H2. The Balaban J connectivity index is 1.82. The summed E-state index contributed by atoms with van der Waals surface area (Å²) in [6, 6.07) is 20.6. The van der Waals surface area contributed by atoms with E-state index in [1.165, 1.54) is 11.1 Å². The van der Waals surface area contributed by atoms with Crippen molar-refractivity contribution in [1.82, 2.24) is 0 Å². The zero-order valence-electron chi connectivity index (χ0n) is 13.6. The molecule has 0 radical (unpaired) electrons. The van der Waals surface area contributed by atoms with Crippen molar-refractivity contribution in [3.8, 4) is 0 Å². The maximum Gasteiger partial charge on any atom is 0.140 e. The van der Waals surface area contributed by atoms with Crippen molar-refractivity contribution in [2.75, 3.05) is 0 Å². The van der Waals surface area contributed by atoms with E-state index in [2.05, 4.69) is 48.7 Å². The van der Waals surface area contributed by atoms with Gasteiger partial charge in [-0.05, 0) is 42.9 Å². The Morgan fingerprint density at radius 1 is 0.957 bits per heavy atom. The number of rotatable bonds is 9. The average Bonchev–Trinajstić information content (AvgIpc) is 2.61. The van der Waals surface area contributed by atoms with Crippen molar-refractivity contribution in [2.45, 2.75) is 32.1 Å². The first-order chi connectivity index (χ1) is 11.3. The summed E-state index contributed by atoms with van der Waals surface area (Å²) < 4.78 is 0. The summed E-state index contributed by atoms with van der Waals surface area (Å²) >= 11 is 0. The average molecular weight is 304 g/mol. The first-order valence-electron chi connectivity index (χ1n) is 8.26. The fourth-order valence-corrected chi connectivity index (χ4v) is 2.75. The molecule has 1 atom stereocenters. The third-order valence-electron chi connectivity index (χ3n) is 4.06. The summed E-state index contributed by atoms with van der Waals surface area (Å²) in [4.78, 5) is 12.4. The van der Waals surface area contributed by atoms with E-state index in [0.717, 1.165) is 25.7 Å². The molecule has 0 bridgehead atoms. The minimum atomic E-state index is -0.0556. The number of benzene rings is 2. The molecule has 0 aromatic heterocycles. The SMILES string of the molecule is C=C=CC(CCCc1ccccc1)C(=O)CCc1ccccc1. The van der Waals surface area contributed by atoms with E-state index in [4.69, 9.17) is 0 Å². The molecule has 1 heteroatoms. The molecule has 2 rings (SSSR count). The summed E-state index contributed by atoms with van der Waals surface area (Å²) in [6.45, 7) is 3.63. The van der Waals surface area contributed by atoms with Crippen LogP contribution in [0.5, 0.6) is 0 Å². The highest BCUT2D eigenvalue weighted by molar-refractivity contribution is 5.82. The van der Waals surface area contributed by atoms with Crippen molar-refractivity contribution in [1.29, 1.82) is 0 Å². The molecule has 23 heavy (non-hydrogen) atoms. The molecule has 0 aliphatic carbocycles. The maximum atomic E-state index is 12.4. The lowest BCUT2D eigenvalue weighted by Crippen LogP contribution is -2.13. The Morgan fingerprint density at radius 3 is 2.09 bits per heavy atom. The number of hydrogen-bond donors (Lipinski definition) is 0. The van der Waals surface area contributed by atoms with Gasteiger partial charge < -0.3 is 0 Å². The normalized spacial score (nSPS) is 11.5. The molecule has 0 saturated carbocycles. The fraction of sp³-hybridized carbons (Fsp3) is 0.273. The van der Waals surface area contributed by atoms with Crippen LogP contribution in [0, 0.1) is 5.92 Å². The molecule has 0 aliphatic heterocycles. The Hall–Kier alpha value is -2.37. The topological polar surface area (TPSA) is 17.1 Å². The zero-order valence-corrected chi connectivity index (χ0v) is 13.6. The van der Waals surface area contributed by atoms with Gasteiger partial charge in [-0.25, -0.2) is 0 Å². The first-order valence-corrected chi connectivity index (χ1v) is 8.26. The van der Waals surface area contributed by atoms with Gasteiger partial charge in [-0.15, -0.1) is 5.73 Å². The van der Waals surface area contributed by atoms with Gasteiger partial charge in [0.25, 0.3) is 0 Å². The molecule has 1 unspecified atom stereocenters. The number of allylic oxidation sites excluding steroid dienone is 1. The minimum absolute atomic E-state index is 0.0556. The second kappa shape index (κ2) is 9.61. The van der Waals surface area contributed by atoms with Crippen LogP contribution in [0.1, 0.15) is 30.4 Å². The van der Waals surface area contributed by atoms with E-state index in [1.54, 1.807) is 0 Å². The molecule has 0 saturated heterocycles. The van der Waals surface area contributed by atoms with Crippen LogP contribution in [0.2, 0.25) is 0 Å². The second-order valence-electron chi connectivity index (χ2n) is 5.81. The monoisotopic (exact) mass is 304 g/mol. The van der Waals surface area contributed by atoms with Gasteiger partial charge in [0.15, 0.2) is 0 Å². The molecule has 1 nitrogen and oxygen atoms in total. The van der Waals surface area contributed by atoms with Crippen molar-refractivity contribution in [3.05, 3.63) is 90.2 Å². The molecule has 2 aromatic rings. The molecule has 2 aromatic carbocycles. The van der Waals surface area contributed by atoms with Gasteiger partial charge in [0.05, 0.1) is 0 Å². The Labute approximate surface area is 139 Å². The van der Waals surface area contributed by atoms with Crippen LogP contribution in [0.4, 0.5) is 0 Å². The maximum absolute atomic E-state index is 12.4. The number of Topliss-reactive ketones (excluding diaryl/α,β-unsaturated/α-hetero) is 1. The molecule has 0 N–H and O–H groups in total. The third-order valence-corrected chi connectivity index (χ3v) is 4.06.